The van der Waals surface area contributed by atoms with Crippen molar-refractivity contribution in [3.63, 3.8) is 0 Å². The fraction of sp³-hybridized carbons (Fsp3) is 0.556. The number of hydrogen-bond donors (Lipinski definition) is 1. The first kappa shape index (κ1) is 17.2. The smallest absolute Gasteiger partial charge is 0.317 e. The van der Waals surface area contributed by atoms with Gasteiger partial charge in [0, 0.05) is 43.6 Å². The summed E-state index contributed by atoms with van der Waals surface area (Å²) in [5.41, 5.74) is 1.45. The first-order chi connectivity index (χ1) is 12.1. The van der Waals surface area contributed by atoms with E-state index in [1.807, 2.05) is 13.0 Å². The lowest BCUT2D eigenvalue weighted by Crippen LogP contribution is -2.47. The van der Waals surface area contributed by atoms with Gasteiger partial charge in [0.15, 0.2) is 0 Å². The summed E-state index contributed by atoms with van der Waals surface area (Å²) >= 11 is 0. The molecule has 0 radical (unpaired) electrons. The van der Waals surface area contributed by atoms with E-state index < -0.39 is 0 Å². The van der Waals surface area contributed by atoms with E-state index in [0.717, 1.165) is 25.0 Å². The number of urea groups is 1. The molecule has 25 heavy (non-hydrogen) atoms. The van der Waals surface area contributed by atoms with Gasteiger partial charge in [0.1, 0.15) is 0 Å². The van der Waals surface area contributed by atoms with E-state index in [1.165, 1.54) is 0 Å². The van der Waals surface area contributed by atoms with Crippen LogP contribution < -0.4 is 5.32 Å². The third kappa shape index (κ3) is 4.27. The zero-order valence-corrected chi connectivity index (χ0v) is 14.4. The van der Waals surface area contributed by atoms with E-state index in [4.69, 9.17) is 5.26 Å². The summed E-state index contributed by atoms with van der Waals surface area (Å²) in [6, 6.07) is 5.81. The Morgan fingerprint density at radius 2 is 2.20 bits per heavy atom. The van der Waals surface area contributed by atoms with E-state index in [1.54, 1.807) is 22.1 Å². The number of nitrogens with zero attached hydrogens (tertiary/aromatic N) is 4. The molecule has 1 saturated heterocycles. The number of pyridine rings is 1. The van der Waals surface area contributed by atoms with Crippen LogP contribution in [-0.2, 0) is 0 Å². The van der Waals surface area contributed by atoms with Crippen molar-refractivity contribution in [3.05, 3.63) is 29.6 Å². The first-order valence-electron chi connectivity index (χ1n) is 8.74. The fourth-order valence-electron chi connectivity index (χ4n) is 3.10. The maximum absolute atomic E-state index is 12.5. The van der Waals surface area contributed by atoms with Crippen LogP contribution in [0.5, 0.6) is 0 Å². The van der Waals surface area contributed by atoms with Gasteiger partial charge in [0.05, 0.1) is 18.1 Å². The van der Waals surface area contributed by atoms with Gasteiger partial charge >= 0.3 is 6.03 Å². The molecule has 1 saturated carbocycles. The second-order valence-electron chi connectivity index (χ2n) is 6.71. The highest BCUT2D eigenvalue weighted by atomic mass is 16.2. The Labute approximate surface area is 147 Å². The molecule has 132 valence electrons. The molecule has 3 rings (SSSR count). The van der Waals surface area contributed by atoms with Crippen molar-refractivity contribution < 1.29 is 9.59 Å². The zero-order valence-electron chi connectivity index (χ0n) is 14.4. The molecule has 7 nitrogen and oxygen atoms in total. The van der Waals surface area contributed by atoms with Gasteiger partial charge in [0.2, 0.25) is 0 Å². The van der Waals surface area contributed by atoms with Crippen LogP contribution in [0.3, 0.4) is 0 Å². The van der Waals surface area contributed by atoms with E-state index in [2.05, 4.69) is 16.4 Å². The van der Waals surface area contributed by atoms with E-state index in [0.29, 0.717) is 31.6 Å². The molecule has 1 aliphatic heterocycles. The Hall–Kier alpha value is -2.62. The Balaban J connectivity index is 1.53. The largest absolute Gasteiger partial charge is 0.336 e. The second kappa shape index (κ2) is 7.51. The standard InChI is InChI=1S/C18H23N5O2/c1-13-3-4-14(11-20-13)17(24)22-10-7-15(12-22)21-18(25)23(9-2-8-19)16-5-6-16/h3-4,11,15-16H,2,5-7,9-10,12H2,1H3,(H,21,25). The molecular formula is C18H23N5O2. The highest BCUT2D eigenvalue weighted by Gasteiger charge is 2.34. The zero-order chi connectivity index (χ0) is 17.8. The molecule has 3 amide bonds. The number of aryl methyl sites for hydroxylation is 1. The van der Waals surface area contributed by atoms with Crippen molar-refractivity contribution in [2.24, 2.45) is 0 Å². The van der Waals surface area contributed by atoms with Crippen LogP contribution in [0.1, 0.15) is 41.7 Å². The number of nitriles is 1. The van der Waals surface area contributed by atoms with Crippen molar-refractivity contribution in [2.75, 3.05) is 19.6 Å². The van der Waals surface area contributed by atoms with Crippen molar-refractivity contribution in [3.8, 4) is 6.07 Å². The van der Waals surface area contributed by atoms with Gasteiger partial charge in [-0.25, -0.2) is 4.79 Å². The molecule has 1 aliphatic carbocycles. The van der Waals surface area contributed by atoms with Crippen LogP contribution in [0.4, 0.5) is 4.79 Å². The minimum atomic E-state index is -0.117. The Kier molecular flexibility index (Phi) is 5.17. The van der Waals surface area contributed by atoms with E-state index >= 15 is 0 Å². The van der Waals surface area contributed by atoms with Gasteiger partial charge in [-0.2, -0.15) is 5.26 Å². The third-order valence-electron chi connectivity index (χ3n) is 4.67. The number of hydrogen-bond acceptors (Lipinski definition) is 4. The van der Waals surface area contributed by atoms with Gasteiger partial charge in [-0.15, -0.1) is 0 Å². The van der Waals surface area contributed by atoms with Gasteiger partial charge in [0.25, 0.3) is 5.91 Å². The molecule has 7 heteroatoms. The Bertz CT molecular complexity index is 678. The summed E-state index contributed by atoms with van der Waals surface area (Å²) < 4.78 is 0. The average Bonchev–Trinajstić information content (AvgIpc) is 3.33. The maximum atomic E-state index is 12.5. The normalized spacial score (nSPS) is 19.4. The van der Waals surface area contributed by atoms with Crippen LogP contribution in [0.15, 0.2) is 18.3 Å². The molecule has 1 unspecified atom stereocenters. The third-order valence-corrected chi connectivity index (χ3v) is 4.67. The molecular weight excluding hydrogens is 318 g/mol. The number of amides is 3. The van der Waals surface area contributed by atoms with Gasteiger partial charge in [-0.05, 0) is 38.3 Å². The SMILES string of the molecule is Cc1ccc(C(=O)N2CCC(NC(=O)N(CCC#N)C3CC3)C2)cn1. The Morgan fingerprint density at radius 1 is 1.40 bits per heavy atom. The molecule has 0 bridgehead atoms. The van der Waals surface area contributed by atoms with E-state index in [9.17, 15) is 9.59 Å². The summed E-state index contributed by atoms with van der Waals surface area (Å²) in [6.07, 6.45) is 4.70. The maximum Gasteiger partial charge on any atom is 0.317 e. The van der Waals surface area contributed by atoms with Crippen molar-refractivity contribution in [2.45, 2.75) is 44.7 Å². The number of nitrogens with one attached hydrogen (secondary N) is 1. The molecule has 2 heterocycles. The number of carbonyl (C=O) groups is 2. The lowest BCUT2D eigenvalue weighted by atomic mass is 10.2. The molecule has 1 N–H and O–H groups in total. The molecule has 0 spiro atoms. The van der Waals surface area contributed by atoms with Gasteiger partial charge in [-0.1, -0.05) is 0 Å². The summed E-state index contributed by atoms with van der Waals surface area (Å²) in [7, 11) is 0. The van der Waals surface area contributed by atoms with Crippen molar-refractivity contribution >= 4 is 11.9 Å². The van der Waals surface area contributed by atoms with Crippen LogP contribution in [-0.4, -0.2) is 58.4 Å². The quantitative estimate of drug-likeness (QED) is 0.882. The van der Waals surface area contributed by atoms with Gasteiger partial charge < -0.3 is 15.1 Å². The van der Waals surface area contributed by atoms with E-state index in [-0.39, 0.29) is 24.0 Å². The molecule has 2 fully saturated rings. The first-order valence-corrected chi connectivity index (χ1v) is 8.74. The average molecular weight is 341 g/mol. The minimum absolute atomic E-state index is 0.0433. The van der Waals surface area contributed by atoms with Crippen LogP contribution in [0.2, 0.25) is 0 Å². The van der Waals surface area contributed by atoms with Gasteiger partial charge in [-0.3, -0.25) is 9.78 Å². The molecule has 2 aliphatic rings. The topological polar surface area (TPSA) is 89.3 Å². The van der Waals surface area contributed by atoms with Crippen LogP contribution >= 0.6 is 0 Å². The highest BCUT2D eigenvalue weighted by molar-refractivity contribution is 5.94. The predicted octanol–water partition coefficient (Wildman–Crippen LogP) is 1.69. The fourth-order valence-corrected chi connectivity index (χ4v) is 3.10. The number of aromatic nitrogens is 1. The molecule has 1 aromatic heterocycles. The minimum Gasteiger partial charge on any atom is -0.336 e. The van der Waals surface area contributed by atoms with Crippen LogP contribution in [0.25, 0.3) is 0 Å². The number of carbonyl (C=O) groups excluding carboxylic acids is 2. The van der Waals surface area contributed by atoms with Crippen LogP contribution in [0, 0.1) is 18.3 Å². The summed E-state index contributed by atoms with van der Waals surface area (Å²) in [4.78, 5) is 32.7. The number of rotatable bonds is 5. The predicted molar refractivity (Wildman–Crippen MR) is 91.8 cm³/mol. The summed E-state index contributed by atoms with van der Waals surface area (Å²) in [5.74, 6) is -0.0484. The summed E-state index contributed by atoms with van der Waals surface area (Å²) in [5, 5.41) is 11.8. The lowest BCUT2D eigenvalue weighted by molar-refractivity contribution is 0.0788. The molecule has 0 aromatic carbocycles. The molecule has 1 atom stereocenters. The number of likely N-dealkylation sites (tertiary alicyclic amines) is 1. The summed E-state index contributed by atoms with van der Waals surface area (Å²) in [6.45, 7) is 3.49. The Morgan fingerprint density at radius 3 is 2.84 bits per heavy atom. The molecule has 1 aromatic rings. The van der Waals surface area contributed by atoms with Crippen molar-refractivity contribution in [1.29, 1.82) is 5.26 Å². The highest BCUT2D eigenvalue weighted by Crippen LogP contribution is 2.27. The lowest BCUT2D eigenvalue weighted by Gasteiger charge is -2.24. The monoisotopic (exact) mass is 341 g/mol. The van der Waals surface area contributed by atoms with Crippen molar-refractivity contribution in [1.82, 2.24) is 20.1 Å². The second-order valence-corrected chi connectivity index (χ2v) is 6.71.